The van der Waals surface area contributed by atoms with Crippen molar-refractivity contribution in [2.24, 2.45) is 23.7 Å². The Kier molecular flexibility index (Phi) is 4.40. The van der Waals surface area contributed by atoms with Crippen molar-refractivity contribution in [3.63, 3.8) is 0 Å². The molecule has 0 radical (unpaired) electrons. The Morgan fingerprint density at radius 1 is 1.03 bits per heavy atom. The summed E-state index contributed by atoms with van der Waals surface area (Å²) in [5, 5.41) is 13.9. The first kappa shape index (κ1) is 19.4. The van der Waals surface area contributed by atoms with Gasteiger partial charge in [0.2, 0.25) is 11.8 Å². The van der Waals surface area contributed by atoms with Crippen molar-refractivity contribution in [2.45, 2.75) is 6.42 Å². The third-order valence-corrected chi connectivity index (χ3v) is 6.50. The van der Waals surface area contributed by atoms with Gasteiger partial charge in [0.05, 0.1) is 22.4 Å². The molecule has 1 saturated heterocycles. The highest BCUT2D eigenvalue weighted by molar-refractivity contribution is 6.31. The minimum absolute atomic E-state index is 0.0178. The second-order valence-corrected chi connectivity index (χ2v) is 8.37. The Bertz CT molecular complexity index is 1150. The number of hydrogen-bond donors (Lipinski definition) is 1. The van der Waals surface area contributed by atoms with Crippen molar-refractivity contribution in [1.29, 1.82) is 0 Å². The van der Waals surface area contributed by atoms with Gasteiger partial charge in [-0.2, -0.15) is 0 Å². The minimum Gasteiger partial charge on any atom is -0.316 e. The number of allylic oxidation sites excluding steroid dienone is 2. The van der Waals surface area contributed by atoms with Crippen LogP contribution >= 0.6 is 11.6 Å². The highest BCUT2D eigenvalue weighted by atomic mass is 35.5. The molecule has 4 atom stereocenters. The van der Waals surface area contributed by atoms with Crippen molar-refractivity contribution in [3.05, 3.63) is 75.3 Å². The van der Waals surface area contributed by atoms with Crippen LogP contribution in [0.1, 0.15) is 16.8 Å². The maximum absolute atomic E-state index is 12.9. The molecule has 0 spiro atoms. The third kappa shape index (κ3) is 3.02. The topological polar surface area (TPSA) is 110 Å². The average Bonchev–Trinajstić information content (AvgIpc) is 3.43. The zero-order chi connectivity index (χ0) is 21.9. The van der Waals surface area contributed by atoms with Crippen LogP contribution in [0.3, 0.4) is 0 Å². The Labute approximate surface area is 181 Å². The van der Waals surface area contributed by atoms with Crippen LogP contribution in [0.2, 0.25) is 5.02 Å². The number of halogens is 1. The van der Waals surface area contributed by atoms with E-state index in [0.29, 0.717) is 5.69 Å². The molecular weight excluding hydrogens is 422 g/mol. The second-order valence-electron chi connectivity index (χ2n) is 7.93. The SMILES string of the molecule is O=C(Nc1ccc(Cl)cc1[N+](=O)[O-])c1ccc(N2C(=O)C3C4C=CC(C4)C3C2=O)cc1. The summed E-state index contributed by atoms with van der Waals surface area (Å²) < 4.78 is 0. The summed E-state index contributed by atoms with van der Waals surface area (Å²) in [5.41, 5.74) is 0.344. The number of amides is 3. The van der Waals surface area contributed by atoms with Crippen molar-refractivity contribution in [1.82, 2.24) is 0 Å². The molecule has 3 amide bonds. The lowest BCUT2D eigenvalue weighted by Crippen LogP contribution is -2.32. The Hall–Kier alpha value is -3.52. The van der Waals surface area contributed by atoms with E-state index in [4.69, 9.17) is 11.6 Å². The number of nitro benzene ring substituents is 1. The van der Waals surface area contributed by atoms with Gasteiger partial charge >= 0.3 is 0 Å². The van der Waals surface area contributed by atoms with Gasteiger partial charge in [0.1, 0.15) is 5.69 Å². The van der Waals surface area contributed by atoms with E-state index in [2.05, 4.69) is 5.32 Å². The number of hydrogen-bond acceptors (Lipinski definition) is 5. The van der Waals surface area contributed by atoms with E-state index in [1.54, 1.807) is 0 Å². The van der Waals surface area contributed by atoms with Crippen LogP contribution in [0.15, 0.2) is 54.6 Å². The fourth-order valence-electron chi connectivity index (χ4n) is 4.87. The summed E-state index contributed by atoms with van der Waals surface area (Å²) in [6.07, 6.45) is 4.92. The summed E-state index contributed by atoms with van der Waals surface area (Å²) in [7, 11) is 0. The first-order valence-electron chi connectivity index (χ1n) is 9.76. The lowest BCUT2D eigenvalue weighted by molar-refractivity contribution is -0.383. The molecule has 1 heterocycles. The van der Waals surface area contributed by atoms with Crippen molar-refractivity contribution in [2.75, 3.05) is 10.2 Å². The van der Waals surface area contributed by atoms with Crippen LogP contribution in [-0.2, 0) is 9.59 Å². The molecular formula is C22H16ClN3O5. The number of nitrogens with zero attached hydrogens (tertiary/aromatic N) is 2. The van der Waals surface area contributed by atoms with Gasteiger partial charge in [-0.1, -0.05) is 23.8 Å². The van der Waals surface area contributed by atoms with E-state index in [1.807, 2.05) is 12.2 Å². The molecule has 2 aliphatic carbocycles. The number of benzene rings is 2. The van der Waals surface area contributed by atoms with E-state index in [9.17, 15) is 24.5 Å². The number of nitro groups is 1. The first-order chi connectivity index (χ1) is 14.8. The Morgan fingerprint density at radius 3 is 2.23 bits per heavy atom. The molecule has 2 aromatic carbocycles. The highest BCUT2D eigenvalue weighted by Gasteiger charge is 2.59. The van der Waals surface area contributed by atoms with Crippen LogP contribution in [0, 0.1) is 33.8 Å². The zero-order valence-electron chi connectivity index (χ0n) is 16.0. The van der Waals surface area contributed by atoms with Crippen molar-refractivity contribution >= 4 is 46.4 Å². The lowest BCUT2D eigenvalue weighted by Gasteiger charge is -2.17. The van der Waals surface area contributed by atoms with Gasteiger partial charge in [0.25, 0.3) is 11.6 Å². The molecule has 3 aliphatic rings. The van der Waals surface area contributed by atoms with Crippen LogP contribution in [0.5, 0.6) is 0 Å². The predicted molar refractivity (Wildman–Crippen MR) is 113 cm³/mol. The van der Waals surface area contributed by atoms with Crippen LogP contribution < -0.4 is 10.2 Å². The van der Waals surface area contributed by atoms with E-state index < -0.39 is 10.8 Å². The molecule has 0 aromatic heterocycles. The first-order valence-corrected chi connectivity index (χ1v) is 10.1. The molecule has 5 rings (SSSR count). The maximum Gasteiger partial charge on any atom is 0.294 e. The monoisotopic (exact) mass is 437 g/mol. The molecule has 2 aromatic rings. The van der Waals surface area contributed by atoms with E-state index in [0.717, 1.165) is 12.5 Å². The van der Waals surface area contributed by atoms with E-state index >= 15 is 0 Å². The summed E-state index contributed by atoms with van der Waals surface area (Å²) >= 11 is 5.79. The predicted octanol–water partition coefficient (Wildman–Crippen LogP) is 3.81. The molecule has 4 unspecified atom stereocenters. The van der Waals surface area contributed by atoms with Gasteiger partial charge in [0.15, 0.2) is 0 Å². The summed E-state index contributed by atoms with van der Waals surface area (Å²) in [4.78, 5) is 50.1. The van der Waals surface area contributed by atoms with E-state index in [-0.39, 0.29) is 57.4 Å². The summed E-state index contributed by atoms with van der Waals surface area (Å²) in [6.45, 7) is 0. The fraction of sp³-hybridized carbons (Fsp3) is 0.227. The number of imide groups is 1. The second kappa shape index (κ2) is 7.02. The van der Waals surface area contributed by atoms with Crippen molar-refractivity contribution < 1.29 is 19.3 Å². The number of rotatable bonds is 4. The van der Waals surface area contributed by atoms with Gasteiger partial charge in [-0.25, -0.2) is 0 Å². The fourth-order valence-corrected chi connectivity index (χ4v) is 5.04. The quantitative estimate of drug-likeness (QED) is 0.338. The molecule has 8 nitrogen and oxygen atoms in total. The molecule has 1 saturated carbocycles. The van der Waals surface area contributed by atoms with E-state index in [1.165, 1.54) is 41.3 Å². The van der Waals surface area contributed by atoms with Crippen LogP contribution in [-0.4, -0.2) is 22.6 Å². The maximum atomic E-state index is 12.9. The van der Waals surface area contributed by atoms with Gasteiger partial charge in [-0.05, 0) is 54.7 Å². The third-order valence-electron chi connectivity index (χ3n) is 6.26. The summed E-state index contributed by atoms with van der Waals surface area (Å²) in [6, 6.07) is 9.99. The average molecular weight is 438 g/mol. The largest absolute Gasteiger partial charge is 0.316 e. The number of fused-ring (bicyclic) bond motifs is 5. The zero-order valence-corrected chi connectivity index (χ0v) is 16.8. The number of nitrogens with one attached hydrogen (secondary N) is 1. The number of carbonyl (C=O) groups excluding carboxylic acids is 3. The standard InChI is InChI=1S/C22H16ClN3O5/c23-14-5-8-16(17(10-14)26(30)31)24-20(27)11-3-6-15(7-4-11)25-21(28)18-12-1-2-13(9-12)19(18)22(25)29/h1-8,10,12-13,18-19H,9H2,(H,24,27). The lowest BCUT2D eigenvalue weighted by atomic mass is 9.85. The Morgan fingerprint density at radius 2 is 1.65 bits per heavy atom. The van der Waals surface area contributed by atoms with Gasteiger partial charge in [-0.3, -0.25) is 29.4 Å². The smallest absolute Gasteiger partial charge is 0.294 e. The van der Waals surface area contributed by atoms with Gasteiger partial charge in [-0.15, -0.1) is 0 Å². The normalized spacial score (nSPS) is 25.8. The van der Waals surface area contributed by atoms with Crippen LogP contribution in [0.4, 0.5) is 17.1 Å². The number of anilines is 2. The molecule has 2 fully saturated rings. The molecule has 9 heteroatoms. The van der Waals surface area contributed by atoms with Gasteiger partial charge in [0, 0.05) is 16.7 Å². The van der Waals surface area contributed by atoms with Crippen LogP contribution in [0.25, 0.3) is 0 Å². The molecule has 1 N–H and O–H groups in total. The molecule has 2 bridgehead atoms. The molecule has 31 heavy (non-hydrogen) atoms. The minimum atomic E-state index is -0.631. The Balaban J connectivity index is 1.35. The molecule has 156 valence electrons. The molecule has 1 aliphatic heterocycles. The van der Waals surface area contributed by atoms with Crippen molar-refractivity contribution in [3.8, 4) is 0 Å². The van der Waals surface area contributed by atoms with Gasteiger partial charge < -0.3 is 5.32 Å². The highest BCUT2D eigenvalue weighted by Crippen LogP contribution is 2.53. The number of carbonyl (C=O) groups is 3. The summed E-state index contributed by atoms with van der Waals surface area (Å²) in [5.74, 6) is -1.29.